The molecule has 0 fully saturated rings. The van der Waals surface area contributed by atoms with Gasteiger partial charge in [-0.3, -0.25) is 4.99 Å². The van der Waals surface area contributed by atoms with Crippen LogP contribution in [0, 0.1) is 6.92 Å². The highest BCUT2D eigenvalue weighted by Gasteiger charge is 2.08. The van der Waals surface area contributed by atoms with E-state index in [1.165, 1.54) is 22.0 Å². The predicted octanol–water partition coefficient (Wildman–Crippen LogP) is 4.04. The van der Waals surface area contributed by atoms with Gasteiger partial charge < -0.3 is 20.0 Å². The van der Waals surface area contributed by atoms with Crippen molar-refractivity contribution in [2.24, 2.45) is 4.99 Å². The number of oxazole rings is 1. The second-order valence-corrected chi connectivity index (χ2v) is 6.92. The van der Waals surface area contributed by atoms with Crippen LogP contribution < -0.4 is 10.6 Å². The summed E-state index contributed by atoms with van der Waals surface area (Å²) in [5.74, 6) is 1.37. The van der Waals surface area contributed by atoms with E-state index in [-0.39, 0.29) is 0 Å². The number of aliphatic imine (C=N–C) groups is 1. The van der Waals surface area contributed by atoms with Crippen LogP contribution in [0.4, 0.5) is 0 Å². The van der Waals surface area contributed by atoms with Gasteiger partial charge in [0, 0.05) is 36.3 Å². The van der Waals surface area contributed by atoms with Crippen LogP contribution in [-0.4, -0.2) is 29.5 Å². The second-order valence-electron chi connectivity index (χ2n) is 6.92. The topological polar surface area (TPSA) is 78.2 Å². The molecule has 0 radical (unpaired) electrons. The maximum atomic E-state index is 5.58. The van der Waals surface area contributed by atoms with Crippen molar-refractivity contribution < 1.29 is 4.42 Å². The van der Waals surface area contributed by atoms with Gasteiger partial charge in [0.15, 0.2) is 5.96 Å². The Labute approximate surface area is 170 Å². The fourth-order valence-electron chi connectivity index (χ4n) is 3.46. The third kappa shape index (κ3) is 4.32. The van der Waals surface area contributed by atoms with Crippen molar-refractivity contribution in [3.05, 3.63) is 77.8 Å². The monoisotopic (exact) mass is 387 g/mol. The lowest BCUT2D eigenvalue weighted by atomic mass is 10.1. The van der Waals surface area contributed by atoms with Gasteiger partial charge in [-0.05, 0) is 42.7 Å². The number of nitrogens with zero attached hydrogens (tertiary/aromatic N) is 2. The van der Waals surface area contributed by atoms with E-state index >= 15 is 0 Å². The minimum Gasteiger partial charge on any atom is -0.444 e. The van der Waals surface area contributed by atoms with Crippen LogP contribution >= 0.6 is 0 Å². The minimum absolute atomic E-state index is 0.544. The molecule has 4 aromatic rings. The van der Waals surface area contributed by atoms with Crippen LogP contribution in [0.3, 0.4) is 0 Å². The molecule has 0 aliphatic heterocycles. The number of H-pyrrole nitrogens is 1. The van der Waals surface area contributed by atoms with Gasteiger partial charge in [0.2, 0.25) is 5.89 Å². The number of hydrogen-bond acceptors (Lipinski definition) is 3. The number of benzene rings is 2. The summed E-state index contributed by atoms with van der Waals surface area (Å²) in [5, 5.41) is 7.97. The highest BCUT2D eigenvalue weighted by Crippen LogP contribution is 2.22. The minimum atomic E-state index is 0.544. The molecule has 2 heterocycles. The average Bonchev–Trinajstić information content (AvgIpc) is 3.39. The molecule has 0 bridgehead atoms. The normalized spacial score (nSPS) is 11.7. The van der Waals surface area contributed by atoms with Crippen molar-refractivity contribution in [1.29, 1.82) is 0 Å². The molecule has 0 aliphatic rings. The predicted molar refractivity (Wildman–Crippen MR) is 117 cm³/mol. The van der Waals surface area contributed by atoms with Crippen LogP contribution in [0.15, 0.2) is 70.4 Å². The summed E-state index contributed by atoms with van der Waals surface area (Å²) in [6.07, 6.45) is 4.68. The zero-order valence-corrected chi connectivity index (χ0v) is 16.7. The number of hydrogen-bond donors (Lipinski definition) is 3. The molecule has 0 spiro atoms. The number of aryl methyl sites for hydroxylation is 1. The lowest BCUT2D eigenvalue weighted by Crippen LogP contribution is -2.37. The van der Waals surface area contributed by atoms with E-state index in [0.29, 0.717) is 12.4 Å². The average molecular weight is 387 g/mol. The van der Waals surface area contributed by atoms with E-state index in [4.69, 9.17) is 4.42 Å². The Kier molecular flexibility index (Phi) is 5.61. The van der Waals surface area contributed by atoms with Crippen molar-refractivity contribution in [2.45, 2.75) is 19.9 Å². The van der Waals surface area contributed by atoms with E-state index in [1.54, 1.807) is 13.3 Å². The van der Waals surface area contributed by atoms with Gasteiger partial charge in [-0.15, -0.1) is 0 Å². The molecule has 0 saturated carbocycles. The molecular formula is C23H25N5O. The van der Waals surface area contributed by atoms with Crippen molar-refractivity contribution in [3.8, 4) is 11.5 Å². The smallest absolute Gasteiger partial charge is 0.226 e. The summed E-state index contributed by atoms with van der Waals surface area (Å²) < 4.78 is 5.58. The number of aromatic amines is 1. The summed E-state index contributed by atoms with van der Waals surface area (Å²) in [7, 11) is 1.77. The molecule has 0 aliphatic carbocycles. The Morgan fingerprint density at radius 2 is 1.97 bits per heavy atom. The molecule has 2 aromatic heterocycles. The van der Waals surface area contributed by atoms with Gasteiger partial charge >= 0.3 is 0 Å². The summed E-state index contributed by atoms with van der Waals surface area (Å²) in [6.45, 7) is 3.48. The quantitative estimate of drug-likeness (QED) is 0.345. The van der Waals surface area contributed by atoms with Crippen molar-refractivity contribution in [3.63, 3.8) is 0 Å². The van der Waals surface area contributed by atoms with Gasteiger partial charge in [0.25, 0.3) is 0 Å². The lowest BCUT2D eigenvalue weighted by Gasteiger charge is -2.10. The van der Waals surface area contributed by atoms with Crippen molar-refractivity contribution in [1.82, 2.24) is 20.6 Å². The molecule has 0 atom stereocenters. The number of aromatic nitrogens is 2. The molecule has 148 valence electrons. The van der Waals surface area contributed by atoms with E-state index in [0.717, 1.165) is 30.2 Å². The first-order valence-corrected chi connectivity index (χ1v) is 9.74. The summed E-state index contributed by atoms with van der Waals surface area (Å²) in [4.78, 5) is 12.2. The van der Waals surface area contributed by atoms with Gasteiger partial charge in [-0.25, -0.2) is 4.98 Å². The Morgan fingerprint density at radius 3 is 2.79 bits per heavy atom. The molecule has 6 heteroatoms. The van der Waals surface area contributed by atoms with Gasteiger partial charge in [-0.1, -0.05) is 30.3 Å². The largest absolute Gasteiger partial charge is 0.444 e. The van der Waals surface area contributed by atoms with Gasteiger partial charge in [-0.2, -0.15) is 0 Å². The first-order chi connectivity index (χ1) is 14.2. The highest BCUT2D eigenvalue weighted by atomic mass is 16.3. The van der Waals surface area contributed by atoms with Crippen LogP contribution in [0.2, 0.25) is 0 Å². The van der Waals surface area contributed by atoms with Crippen LogP contribution in [-0.2, 0) is 13.0 Å². The van der Waals surface area contributed by atoms with Gasteiger partial charge in [0.05, 0.1) is 12.2 Å². The maximum Gasteiger partial charge on any atom is 0.226 e. The van der Waals surface area contributed by atoms with E-state index < -0.39 is 0 Å². The van der Waals surface area contributed by atoms with E-state index in [9.17, 15) is 0 Å². The summed E-state index contributed by atoms with van der Waals surface area (Å²) >= 11 is 0. The standard InChI is InChI=1S/C23H25N5O/c1-16-7-6-10-20-21(16)18(13-26-20)11-12-25-23(24-2)27-14-19-15-29-22(28-19)17-8-4-3-5-9-17/h3-10,13,15,26H,11-12,14H2,1-2H3,(H2,24,25,27). The number of nitrogens with one attached hydrogen (secondary N) is 3. The van der Waals surface area contributed by atoms with E-state index in [2.05, 4.69) is 56.9 Å². The van der Waals surface area contributed by atoms with Crippen molar-refractivity contribution >= 4 is 16.9 Å². The first kappa shape index (κ1) is 18.8. The molecule has 4 rings (SSSR count). The molecule has 2 aromatic carbocycles. The molecule has 6 nitrogen and oxygen atoms in total. The van der Waals surface area contributed by atoms with Crippen LogP contribution in [0.25, 0.3) is 22.4 Å². The molecule has 0 amide bonds. The zero-order chi connectivity index (χ0) is 20.1. The molecule has 3 N–H and O–H groups in total. The lowest BCUT2D eigenvalue weighted by molar-refractivity contribution is 0.572. The Hall–Kier alpha value is -3.54. The van der Waals surface area contributed by atoms with Crippen LogP contribution in [0.1, 0.15) is 16.8 Å². The third-order valence-electron chi connectivity index (χ3n) is 4.92. The third-order valence-corrected chi connectivity index (χ3v) is 4.92. The molecule has 29 heavy (non-hydrogen) atoms. The molecular weight excluding hydrogens is 362 g/mol. The zero-order valence-electron chi connectivity index (χ0n) is 16.7. The fraction of sp³-hybridized carbons (Fsp3) is 0.217. The summed E-state index contributed by atoms with van der Waals surface area (Å²) in [5.41, 5.74) is 5.59. The Bertz CT molecular complexity index is 1110. The highest BCUT2D eigenvalue weighted by molar-refractivity contribution is 5.86. The maximum absolute atomic E-state index is 5.58. The van der Waals surface area contributed by atoms with Gasteiger partial charge in [0.1, 0.15) is 6.26 Å². The van der Waals surface area contributed by atoms with E-state index in [1.807, 2.05) is 30.3 Å². The molecule has 0 saturated heterocycles. The number of fused-ring (bicyclic) bond motifs is 1. The Morgan fingerprint density at radius 1 is 1.10 bits per heavy atom. The number of rotatable bonds is 6. The Balaban J connectivity index is 1.31. The second kappa shape index (κ2) is 8.65. The van der Waals surface area contributed by atoms with Crippen LogP contribution in [0.5, 0.6) is 0 Å². The SMILES string of the molecule is CN=C(NCCc1c[nH]c2cccc(C)c12)NCc1coc(-c2ccccc2)n1. The van der Waals surface area contributed by atoms with Crippen molar-refractivity contribution in [2.75, 3.05) is 13.6 Å². The number of guanidine groups is 1. The molecule has 0 unspecified atom stereocenters. The first-order valence-electron chi connectivity index (χ1n) is 9.74. The summed E-state index contributed by atoms with van der Waals surface area (Å²) in [6, 6.07) is 16.2. The fourth-order valence-corrected chi connectivity index (χ4v) is 3.46.